The summed E-state index contributed by atoms with van der Waals surface area (Å²) in [6.07, 6.45) is 0. The Bertz CT molecular complexity index is 4080. The lowest BCUT2D eigenvalue weighted by Crippen LogP contribution is -2.59. The Hall–Kier alpha value is -7.96. The van der Waals surface area contributed by atoms with Gasteiger partial charge in [-0.1, -0.05) is 188 Å². The summed E-state index contributed by atoms with van der Waals surface area (Å²) in [7, 11) is 0. The molecule has 1 unspecified atom stereocenters. The van der Waals surface area contributed by atoms with Crippen LogP contribution in [-0.2, 0) is 10.8 Å². The van der Waals surface area contributed by atoms with Crippen molar-refractivity contribution in [3.63, 3.8) is 0 Å². The Morgan fingerprint density at radius 2 is 0.729 bits per heavy atom. The molecule has 0 radical (unpaired) electrons. The minimum absolute atomic E-state index is 0.0173. The van der Waals surface area contributed by atoms with Crippen LogP contribution in [0.3, 0.4) is 0 Å². The van der Waals surface area contributed by atoms with Crippen molar-refractivity contribution in [1.82, 2.24) is 0 Å². The first kappa shape index (κ1) is 38.0. The van der Waals surface area contributed by atoms with Crippen LogP contribution in [0.5, 0.6) is 0 Å². The molecule has 6 aliphatic rings. The SMILES string of the molecule is Cc1ccc2c(c1)C1(c3ccccc3-2)c2ccccc2-c2c1sc1c2N(c2ccccc2)c2cccc3c2B1c1sc2c(c1N3c1ccccc1)-c1ccccc1C21c2ccccc2-c2ccccc21. The van der Waals surface area contributed by atoms with Crippen molar-refractivity contribution in [2.75, 3.05) is 9.80 Å². The van der Waals surface area contributed by atoms with E-state index in [0.29, 0.717) is 0 Å². The summed E-state index contributed by atoms with van der Waals surface area (Å²) in [6, 6.07) is 83.1. The zero-order chi connectivity index (χ0) is 45.6. The highest BCUT2D eigenvalue weighted by atomic mass is 32.1. The van der Waals surface area contributed by atoms with Gasteiger partial charge in [-0.15, -0.1) is 22.7 Å². The molecule has 70 heavy (non-hydrogen) atoms. The lowest BCUT2D eigenvalue weighted by Gasteiger charge is -2.42. The van der Waals surface area contributed by atoms with Crippen LogP contribution in [0, 0.1) is 6.92 Å². The van der Waals surface area contributed by atoms with E-state index in [-0.39, 0.29) is 6.71 Å². The van der Waals surface area contributed by atoms with E-state index < -0.39 is 10.8 Å². The first-order valence-electron chi connectivity index (χ1n) is 24.5. The van der Waals surface area contributed by atoms with Crippen molar-refractivity contribution >= 4 is 78.5 Å². The quantitative estimate of drug-likeness (QED) is 0.159. The van der Waals surface area contributed by atoms with Gasteiger partial charge in [0.25, 0.3) is 6.71 Å². The molecule has 2 spiro atoms. The van der Waals surface area contributed by atoms with Gasteiger partial charge in [0.15, 0.2) is 0 Å². The first-order chi connectivity index (χ1) is 34.7. The van der Waals surface area contributed by atoms with Crippen LogP contribution in [0.2, 0.25) is 0 Å². The molecule has 324 valence electrons. The third-order valence-corrected chi connectivity index (χ3v) is 19.4. The molecular weight excluding hydrogens is 884 g/mol. The van der Waals surface area contributed by atoms with E-state index in [1.165, 1.54) is 142 Å². The second-order valence-electron chi connectivity index (χ2n) is 19.8. The van der Waals surface area contributed by atoms with Gasteiger partial charge in [0.1, 0.15) is 0 Å². The average Bonchev–Trinajstić information content (AvgIpc) is 4.25. The van der Waals surface area contributed by atoms with Gasteiger partial charge in [0, 0.05) is 53.2 Å². The molecule has 2 nitrogen and oxygen atoms in total. The fraction of sp³-hybridized carbons (Fsp3) is 0.0462. The molecule has 9 aromatic carbocycles. The van der Waals surface area contributed by atoms with Crippen LogP contribution in [0.15, 0.2) is 218 Å². The van der Waals surface area contributed by atoms with E-state index in [1.807, 2.05) is 0 Å². The zero-order valence-corrected chi connectivity index (χ0v) is 39.7. The first-order valence-corrected chi connectivity index (χ1v) is 26.1. The number of benzene rings is 9. The van der Waals surface area contributed by atoms with Crippen LogP contribution >= 0.6 is 22.7 Å². The van der Waals surface area contributed by atoms with Gasteiger partial charge in [0.05, 0.1) is 22.2 Å². The largest absolute Gasteiger partial charge is 0.310 e. The second-order valence-corrected chi connectivity index (χ2v) is 21.9. The molecule has 0 saturated carbocycles. The molecule has 0 N–H and O–H groups in total. The van der Waals surface area contributed by atoms with E-state index >= 15 is 0 Å². The molecular formula is C65H39BN2S2. The van der Waals surface area contributed by atoms with Crippen molar-refractivity contribution in [1.29, 1.82) is 0 Å². The summed E-state index contributed by atoms with van der Waals surface area (Å²) in [6.45, 7) is 2.24. The van der Waals surface area contributed by atoms with E-state index in [9.17, 15) is 0 Å². The van der Waals surface area contributed by atoms with Crippen molar-refractivity contribution in [2.24, 2.45) is 0 Å². The van der Waals surface area contributed by atoms with E-state index in [2.05, 4.69) is 258 Å². The number of hydrogen-bond acceptors (Lipinski definition) is 4. The fourth-order valence-corrected chi connectivity index (χ4v) is 17.7. The molecule has 1 atom stereocenters. The van der Waals surface area contributed by atoms with Gasteiger partial charge in [-0.2, -0.15) is 0 Å². The number of rotatable bonds is 2. The maximum absolute atomic E-state index is 2.64. The lowest BCUT2D eigenvalue weighted by atomic mass is 9.39. The van der Waals surface area contributed by atoms with Crippen molar-refractivity contribution < 1.29 is 0 Å². The van der Waals surface area contributed by atoms with Gasteiger partial charge in [-0.05, 0) is 116 Å². The predicted octanol–water partition coefficient (Wildman–Crippen LogP) is 14.9. The maximum Gasteiger partial charge on any atom is 0.277 e. The summed E-state index contributed by atoms with van der Waals surface area (Å²) >= 11 is 4.16. The van der Waals surface area contributed by atoms with E-state index in [1.54, 1.807) is 0 Å². The Kier molecular flexibility index (Phi) is 7.17. The van der Waals surface area contributed by atoms with Crippen molar-refractivity contribution in [3.05, 3.63) is 267 Å². The second kappa shape index (κ2) is 13.2. The molecule has 17 rings (SSSR count). The summed E-state index contributed by atoms with van der Waals surface area (Å²) < 4.78 is 2.84. The monoisotopic (exact) mass is 922 g/mol. The number of nitrogens with zero attached hydrogens (tertiary/aromatic N) is 2. The Labute approximate surface area is 415 Å². The van der Waals surface area contributed by atoms with Crippen LogP contribution < -0.4 is 24.8 Å². The van der Waals surface area contributed by atoms with Gasteiger partial charge < -0.3 is 9.80 Å². The lowest BCUT2D eigenvalue weighted by molar-refractivity contribution is 0.810. The minimum atomic E-state index is -0.464. The van der Waals surface area contributed by atoms with Crippen LogP contribution in [0.4, 0.5) is 34.1 Å². The summed E-state index contributed by atoms with van der Waals surface area (Å²) in [5.41, 5.74) is 28.3. The average molecular weight is 923 g/mol. The molecule has 11 aromatic rings. The summed E-state index contributed by atoms with van der Waals surface area (Å²) in [5.74, 6) is 0. The Balaban J connectivity index is 1.04. The molecule has 0 amide bonds. The molecule has 2 aromatic heterocycles. The number of anilines is 6. The van der Waals surface area contributed by atoms with Gasteiger partial charge in [-0.25, -0.2) is 0 Å². The third-order valence-electron chi connectivity index (χ3n) is 16.7. The zero-order valence-electron chi connectivity index (χ0n) is 38.1. The van der Waals surface area contributed by atoms with Crippen molar-refractivity contribution in [2.45, 2.75) is 17.8 Å². The predicted molar refractivity (Wildman–Crippen MR) is 294 cm³/mol. The number of fused-ring (bicyclic) bond motifs is 26. The normalized spacial score (nSPS) is 16.7. The summed E-state index contributed by atoms with van der Waals surface area (Å²) in [4.78, 5) is 8.14. The molecule has 0 fully saturated rings. The number of aryl methyl sites for hydroxylation is 1. The molecule has 4 heterocycles. The van der Waals surface area contributed by atoms with Crippen LogP contribution in [-0.4, -0.2) is 6.71 Å². The van der Waals surface area contributed by atoms with Gasteiger partial charge in [0.2, 0.25) is 0 Å². The van der Waals surface area contributed by atoms with Gasteiger partial charge >= 0.3 is 0 Å². The van der Waals surface area contributed by atoms with Crippen LogP contribution in [0.1, 0.15) is 48.7 Å². The molecule has 2 aliphatic heterocycles. The standard InChI is InChI=1S/C65H39BN2S2/c1-38-35-36-44-43-25-10-15-30-49(43)65(52(44)37-38)51-32-17-12-27-46(51)56-59-63(70-61(56)65)66-57-53(33-18-34-54(57)68(59)40-21-6-3-7-22-40)67(39-19-4-2-5-20-39)58-55-45-26-11-16-31-50(45)64(60(55)69-62(58)66)47-28-13-8-23-41(47)42-24-9-14-29-48(42)64/h2-37H,1H3. The molecule has 0 bridgehead atoms. The number of hydrogen-bond donors (Lipinski definition) is 0. The minimum Gasteiger partial charge on any atom is -0.310 e. The Morgan fingerprint density at radius 3 is 1.19 bits per heavy atom. The summed E-state index contributed by atoms with van der Waals surface area (Å²) in [5, 5.41) is 0. The van der Waals surface area contributed by atoms with Crippen molar-refractivity contribution in [3.8, 4) is 44.5 Å². The molecule has 5 heteroatoms. The van der Waals surface area contributed by atoms with Gasteiger partial charge in [-0.3, -0.25) is 0 Å². The van der Waals surface area contributed by atoms with E-state index in [0.717, 1.165) is 0 Å². The van der Waals surface area contributed by atoms with Crippen LogP contribution in [0.25, 0.3) is 44.5 Å². The highest BCUT2D eigenvalue weighted by molar-refractivity contribution is 7.37. The topological polar surface area (TPSA) is 6.48 Å². The Morgan fingerprint density at radius 1 is 0.357 bits per heavy atom. The molecule has 4 aliphatic carbocycles. The fourth-order valence-electron chi connectivity index (χ4n) is 14.3. The third kappa shape index (κ3) is 4.25. The van der Waals surface area contributed by atoms with E-state index in [4.69, 9.17) is 0 Å². The number of thiophene rings is 2. The highest BCUT2D eigenvalue weighted by Crippen LogP contribution is 2.69. The number of para-hydroxylation sites is 2. The highest BCUT2D eigenvalue weighted by Gasteiger charge is 2.60. The molecule has 0 saturated heterocycles. The maximum atomic E-state index is 2.64. The smallest absolute Gasteiger partial charge is 0.277 e.